The molecule has 5 heteroatoms. The van der Waals surface area contributed by atoms with Gasteiger partial charge in [0.05, 0.1) is 5.92 Å². The molecule has 1 aromatic carbocycles. The highest BCUT2D eigenvalue weighted by atomic mass is 16.2. The Balaban J connectivity index is 1.88. The number of nitrogens with one attached hydrogen (secondary N) is 1. The molecule has 0 aliphatic rings. The van der Waals surface area contributed by atoms with Gasteiger partial charge in [-0.3, -0.25) is 14.6 Å². The van der Waals surface area contributed by atoms with Crippen LogP contribution >= 0.6 is 0 Å². The first-order chi connectivity index (χ1) is 10.6. The lowest BCUT2D eigenvalue weighted by atomic mass is 9.95. The summed E-state index contributed by atoms with van der Waals surface area (Å²) < 4.78 is 0. The van der Waals surface area contributed by atoms with Crippen molar-refractivity contribution in [1.29, 1.82) is 0 Å². The van der Waals surface area contributed by atoms with Crippen molar-refractivity contribution in [3.63, 3.8) is 0 Å². The fourth-order valence-corrected chi connectivity index (χ4v) is 2.17. The maximum Gasteiger partial charge on any atom is 0.221 e. The average molecular weight is 297 g/mol. The molecule has 0 aliphatic heterocycles. The first kappa shape index (κ1) is 15.7. The summed E-state index contributed by atoms with van der Waals surface area (Å²) in [5.41, 5.74) is 7.37. The van der Waals surface area contributed by atoms with E-state index in [1.54, 1.807) is 12.4 Å². The zero-order valence-electron chi connectivity index (χ0n) is 12.2. The summed E-state index contributed by atoms with van der Waals surface area (Å²) in [6.45, 7) is 0.415. The minimum absolute atomic E-state index is 0.0926. The summed E-state index contributed by atoms with van der Waals surface area (Å²) in [7, 11) is 0. The fourth-order valence-electron chi connectivity index (χ4n) is 2.17. The summed E-state index contributed by atoms with van der Waals surface area (Å²) in [4.78, 5) is 27.5. The number of benzene rings is 1. The number of hydrogen-bond donors (Lipinski definition) is 2. The molecule has 3 N–H and O–H groups in total. The number of carbonyl (C=O) groups is 2. The molecule has 114 valence electrons. The summed E-state index contributed by atoms with van der Waals surface area (Å²) >= 11 is 0. The zero-order chi connectivity index (χ0) is 15.8. The van der Waals surface area contributed by atoms with Crippen LogP contribution in [0.4, 0.5) is 0 Å². The van der Waals surface area contributed by atoms with E-state index in [0.29, 0.717) is 13.0 Å². The minimum Gasteiger partial charge on any atom is -0.369 e. The Morgan fingerprint density at radius 2 is 1.73 bits per heavy atom. The Bertz CT molecular complexity index is 614. The van der Waals surface area contributed by atoms with E-state index >= 15 is 0 Å². The SMILES string of the molecule is NC(=O)[C@@H](CC(=O)NCc1ccncc1)Cc1ccccc1. The van der Waals surface area contributed by atoms with E-state index in [-0.39, 0.29) is 12.3 Å². The molecule has 0 unspecified atom stereocenters. The predicted octanol–water partition coefficient (Wildman–Crippen LogP) is 1.43. The van der Waals surface area contributed by atoms with Crippen LogP contribution in [0.2, 0.25) is 0 Å². The smallest absolute Gasteiger partial charge is 0.221 e. The van der Waals surface area contributed by atoms with Crippen LogP contribution in [0.15, 0.2) is 54.9 Å². The Hall–Kier alpha value is -2.69. The molecule has 0 radical (unpaired) electrons. The molecule has 5 nitrogen and oxygen atoms in total. The Labute approximate surface area is 129 Å². The van der Waals surface area contributed by atoms with Gasteiger partial charge in [0.2, 0.25) is 11.8 Å². The molecule has 0 bridgehead atoms. The second-order valence-electron chi connectivity index (χ2n) is 5.13. The summed E-state index contributed by atoms with van der Waals surface area (Å²) in [6, 6.07) is 13.2. The third-order valence-electron chi connectivity index (χ3n) is 3.40. The number of nitrogens with two attached hydrogens (primary N) is 1. The summed E-state index contributed by atoms with van der Waals surface area (Å²) in [5, 5.41) is 2.80. The molecule has 1 aromatic heterocycles. The van der Waals surface area contributed by atoms with Crippen molar-refractivity contribution in [3.05, 3.63) is 66.0 Å². The van der Waals surface area contributed by atoms with Gasteiger partial charge < -0.3 is 11.1 Å². The second-order valence-corrected chi connectivity index (χ2v) is 5.13. The van der Waals surface area contributed by atoms with Crippen LogP contribution < -0.4 is 11.1 Å². The maximum atomic E-state index is 12.0. The molecule has 1 atom stereocenters. The quantitative estimate of drug-likeness (QED) is 0.810. The van der Waals surface area contributed by atoms with Gasteiger partial charge in [-0.15, -0.1) is 0 Å². The highest BCUT2D eigenvalue weighted by molar-refractivity contribution is 5.85. The monoisotopic (exact) mass is 297 g/mol. The zero-order valence-corrected chi connectivity index (χ0v) is 12.2. The van der Waals surface area contributed by atoms with Crippen molar-refractivity contribution in [2.75, 3.05) is 0 Å². The maximum absolute atomic E-state index is 12.0. The average Bonchev–Trinajstić information content (AvgIpc) is 2.54. The summed E-state index contributed by atoms with van der Waals surface area (Å²) in [6.07, 6.45) is 3.90. The fraction of sp³-hybridized carbons (Fsp3) is 0.235. The van der Waals surface area contributed by atoms with Crippen LogP contribution in [0.5, 0.6) is 0 Å². The van der Waals surface area contributed by atoms with Crippen molar-refractivity contribution in [1.82, 2.24) is 10.3 Å². The van der Waals surface area contributed by atoms with Gasteiger partial charge in [0.25, 0.3) is 0 Å². The number of primary amides is 1. The van der Waals surface area contributed by atoms with E-state index in [0.717, 1.165) is 11.1 Å². The number of aromatic nitrogens is 1. The van der Waals surface area contributed by atoms with Crippen LogP contribution in [-0.4, -0.2) is 16.8 Å². The van der Waals surface area contributed by atoms with E-state index in [2.05, 4.69) is 10.3 Å². The van der Waals surface area contributed by atoms with Crippen molar-refractivity contribution >= 4 is 11.8 Å². The lowest BCUT2D eigenvalue weighted by Gasteiger charge is -2.13. The van der Waals surface area contributed by atoms with Crippen LogP contribution in [-0.2, 0) is 22.6 Å². The highest BCUT2D eigenvalue weighted by Gasteiger charge is 2.19. The van der Waals surface area contributed by atoms with Gasteiger partial charge in [-0.25, -0.2) is 0 Å². The lowest BCUT2D eigenvalue weighted by molar-refractivity contribution is -0.128. The third-order valence-corrected chi connectivity index (χ3v) is 3.40. The van der Waals surface area contributed by atoms with Gasteiger partial charge >= 0.3 is 0 Å². The molecule has 0 saturated heterocycles. The van der Waals surface area contributed by atoms with Crippen LogP contribution in [0.1, 0.15) is 17.5 Å². The largest absolute Gasteiger partial charge is 0.369 e. The van der Waals surface area contributed by atoms with E-state index in [4.69, 9.17) is 5.73 Å². The molecular formula is C17H19N3O2. The number of nitrogens with zero attached hydrogens (tertiary/aromatic N) is 1. The normalized spacial score (nSPS) is 11.6. The van der Waals surface area contributed by atoms with Crippen LogP contribution in [0, 0.1) is 5.92 Å². The number of hydrogen-bond acceptors (Lipinski definition) is 3. The molecule has 0 saturated carbocycles. The first-order valence-electron chi connectivity index (χ1n) is 7.14. The van der Waals surface area contributed by atoms with E-state index in [1.807, 2.05) is 42.5 Å². The molecular weight excluding hydrogens is 278 g/mol. The van der Waals surface area contributed by atoms with Crippen molar-refractivity contribution < 1.29 is 9.59 Å². The Morgan fingerprint density at radius 3 is 2.36 bits per heavy atom. The molecule has 1 heterocycles. The van der Waals surface area contributed by atoms with Crippen LogP contribution in [0.25, 0.3) is 0 Å². The topological polar surface area (TPSA) is 85.1 Å². The van der Waals surface area contributed by atoms with Crippen LogP contribution in [0.3, 0.4) is 0 Å². The van der Waals surface area contributed by atoms with E-state index < -0.39 is 11.8 Å². The molecule has 2 aromatic rings. The van der Waals surface area contributed by atoms with Gasteiger partial charge in [0.15, 0.2) is 0 Å². The van der Waals surface area contributed by atoms with Gasteiger partial charge in [0.1, 0.15) is 0 Å². The van der Waals surface area contributed by atoms with E-state index in [9.17, 15) is 9.59 Å². The molecule has 22 heavy (non-hydrogen) atoms. The van der Waals surface area contributed by atoms with Crippen molar-refractivity contribution in [2.45, 2.75) is 19.4 Å². The van der Waals surface area contributed by atoms with Gasteiger partial charge in [-0.2, -0.15) is 0 Å². The first-order valence-corrected chi connectivity index (χ1v) is 7.14. The second kappa shape index (κ2) is 7.93. The molecule has 0 spiro atoms. The summed E-state index contributed by atoms with van der Waals surface area (Å²) in [5.74, 6) is -1.14. The number of pyridine rings is 1. The van der Waals surface area contributed by atoms with Gasteiger partial charge in [-0.1, -0.05) is 30.3 Å². The molecule has 0 aliphatic carbocycles. The minimum atomic E-state index is -0.500. The Morgan fingerprint density at radius 1 is 1.05 bits per heavy atom. The van der Waals surface area contributed by atoms with Gasteiger partial charge in [-0.05, 0) is 29.7 Å². The molecule has 0 fully saturated rings. The lowest BCUT2D eigenvalue weighted by Crippen LogP contribution is -2.32. The Kier molecular flexibility index (Phi) is 5.65. The van der Waals surface area contributed by atoms with Gasteiger partial charge in [0, 0.05) is 25.4 Å². The van der Waals surface area contributed by atoms with Crippen molar-refractivity contribution in [3.8, 4) is 0 Å². The molecule has 2 rings (SSSR count). The molecule has 2 amide bonds. The van der Waals surface area contributed by atoms with Crippen molar-refractivity contribution in [2.24, 2.45) is 11.7 Å². The number of rotatable bonds is 7. The number of amides is 2. The predicted molar refractivity (Wildman–Crippen MR) is 83.5 cm³/mol. The van der Waals surface area contributed by atoms with E-state index in [1.165, 1.54) is 0 Å². The highest BCUT2D eigenvalue weighted by Crippen LogP contribution is 2.12. The third kappa shape index (κ3) is 5.01. The number of carbonyl (C=O) groups excluding carboxylic acids is 2. The standard InChI is InChI=1S/C17H19N3O2/c18-17(22)15(10-13-4-2-1-3-5-13)11-16(21)20-12-14-6-8-19-9-7-14/h1-9,15H,10-12H2,(H2,18,22)(H,20,21)/t15-/m1/s1.